The number of aliphatic hydroxyl groups is 1. The number of aliphatic hydroxyl groups excluding tert-OH is 1. The Hall–Kier alpha value is -0.900. The average Bonchev–Trinajstić information content (AvgIpc) is 2.41. The van der Waals surface area contributed by atoms with E-state index >= 15 is 0 Å². The summed E-state index contributed by atoms with van der Waals surface area (Å²) in [6, 6.07) is 10.1. The molecular formula is C15H23NO2. The highest BCUT2D eigenvalue weighted by molar-refractivity contribution is 5.13. The number of likely N-dealkylation sites (tertiary alicyclic amines) is 1. The first-order valence-electron chi connectivity index (χ1n) is 6.86. The molecule has 100 valence electrons. The van der Waals surface area contributed by atoms with Gasteiger partial charge in [0.1, 0.15) is 0 Å². The van der Waals surface area contributed by atoms with Crippen LogP contribution in [0.25, 0.3) is 0 Å². The summed E-state index contributed by atoms with van der Waals surface area (Å²) in [6.45, 7) is 3.99. The minimum atomic E-state index is -0.369. The van der Waals surface area contributed by atoms with Crippen molar-refractivity contribution in [2.24, 2.45) is 0 Å². The highest BCUT2D eigenvalue weighted by Gasteiger charge is 2.14. The number of piperidine rings is 1. The molecule has 1 aromatic rings. The Kier molecular flexibility index (Phi) is 5.65. The van der Waals surface area contributed by atoms with Gasteiger partial charge in [-0.15, -0.1) is 0 Å². The van der Waals surface area contributed by atoms with Gasteiger partial charge in [-0.2, -0.15) is 0 Å². The molecule has 3 nitrogen and oxygen atoms in total. The van der Waals surface area contributed by atoms with Crippen molar-refractivity contribution in [1.82, 2.24) is 4.90 Å². The van der Waals surface area contributed by atoms with E-state index in [-0.39, 0.29) is 6.10 Å². The zero-order chi connectivity index (χ0) is 12.6. The van der Waals surface area contributed by atoms with Crippen LogP contribution < -0.4 is 0 Å². The van der Waals surface area contributed by atoms with E-state index in [9.17, 15) is 5.11 Å². The van der Waals surface area contributed by atoms with Gasteiger partial charge in [-0.1, -0.05) is 36.8 Å². The first-order valence-corrected chi connectivity index (χ1v) is 6.86. The predicted molar refractivity (Wildman–Crippen MR) is 72.4 cm³/mol. The van der Waals surface area contributed by atoms with Crippen molar-refractivity contribution in [2.45, 2.75) is 32.0 Å². The Balaban J connectivity index is 1.61. The molecular weight excluding hydrogens is 226 g/mol. The van der Waals surface area contributed by atoms with Gasteiger partial charge in [-0.25, -0.2) is 0 Å². The van der Waals surface area contributed by atoms with E-state index < -0.39 is 0 Å². The lowest BCUT2D eigenvalue weighted by molar-refractivity contribution is 0.00713. The zero-order valence-electron chi connectivity index (χ0n) is 10.9. The molecule has 1 N–H and O–H groups in total. The highest BCUT2D eigenvalue weighted by Crippen LogP contribution is 2.09. The Morgan fingerprint density at radius 2 is 1.83 bits per heavy atom. The molecule has 0 unspecified atom stereocenters. The third-order valence-electron chi connectivity index (χ3n) is 3.34. The summed E-state index contributed by atoms with van der Waals surface area (Å²) in [5.74, 6) is 0. The highest BCUT2D eigenvalue weighted by atomic mass is 16.5. The molecule has 0 bridgehead atoms. The minimum absolute atomic E-state index is 0.369. The second-order valence-electron chi connectivity index (χ2n) is 5.02. The average molecular weight is 249 g/mol. The number of rotatable bonds is 6. The Bertz CT molecular complexity index is 323. The van der Waals surface area contributed by atoms with Gasteiger partial charge in [0.2, 0.25) is 0 Å². The van der Waals surface area contributed by atoms with Gasteiger partial charge >= 0.3 is 0 Å². The molecule has 0 radical (unpaired) electrons. The normalized spacial score (nSPS) is 18.7. The largest absolute Gasteiger partial charge is 0.389 e. The number of nitrogens with zero attached hydrogens (tertiary/aromatic N) is 1. The number of benzene rings is 1. The molecule has 1 fully saturated rings. The molecule has 0 saturated carbocycles. The lowest BCUT2D eigenvalue weighted by atomic mass is 10.1. The van der Waals surface area contributed by atoms with Crippen LogP contribution in [0.5, 0.6) is 0 Å². The van der Waals surface area contributed by atoms with E-state index in [0.29, 0.717) is 13.2 Å². The van der Waals surface area contributed by atoms with Gasteiger partial charge in [0.15, 0.2) is 0 Å². The second kappa shape index (κ2) is 7.52. The van der Waals surface area contributed by atoms with Crippen molar-refractivity contribution in [3.8, 4) is 0 Å². The van der Waals surface area contributed by atoms with Crippen LogP contribution in [0.3, 0.4) is 0 Å². The summed E-state index contributed by atoms with van der Waals surface area (Å²) in [7, 11) is 0. The summed E-state index contributed by atoms with van der Waals surface area (Å²) >= 11 is 0. The molecule has 2 rings (SSSR count). The summed E-state index contributed by atoms with van der Waals surface area (Å²) < 4.78 is 5.55. The Morgan fingerprint density at radius 3 is 2.56 bits per heavy atom. The van der Waals surface area contributed by atoms with Crippen molar-refractivity contribution in [3.05, 3.63) is 35.9 Å². The van der Waals surface area contributed by atoms with Crippen LogP contribution in [0.4, 0.5) is 0 Å². The maximum atomic E-state index is 9.91. The molecule has 0 spiro atoms. The fourth-order valence-electron chi connectivity index (χ4n) is 2.38. The van der Waals surface area contributed by atoms with E-state index in [2.05, 4.69) is 4.90 Å². The summed E-state index contributed by atoms with van der Waals surface area (Å²) in [4.78, 5) is 2.33. The number of hydrogen-bond donors (Lipinski definition) is 1. The Morgan fingerprint density at radius 1 is 1.11 bits per heavy atom. The van der Waals surface area contributed by atoms with Crippen molar-refractivity contribution in [3.63, 3.8) is 0 Å². The number of hydrogen-bond acceptors (Lipinski definition) is 3. The lowest BCUT2D eigenvalue weighted by Gasteiger charge is -2.28. The molecule has 0 aromatic heterocycles. The fraction of sp³-hybridized carbons (Fsp3) is 0.600. The van der Waals surface area contributed by atoms with E-state index in [1.54, 1.807) is 0 Å². The topological polar surface area (TPSA) is 32.7 Å². The van der Waals surface area contributed by atoms with Crippen molar-refractivity contribution in [2.75, 3.05) is 26.2 Å². The standard InChI is InChI=1S/C15H23NO2/c17-15(11-16-9-5-2-6-10-16)13-18-12-14-7-3-1-4-8-14/h1,3-4,7-8,15,17H,2,5-6,9-13H2/t15-/m1/s1. The first kappa shape index (κ1) is 13.5. The van der Waals surface area contributed by atoms with Gasteiger partial charge < -0.3 is 14.7 Å². The van der Waals surface area contributed by atoms with Crippen molar-refractivity contribution >= 4 is 0 Å². The van der Waals surface area contributed by atoms with Crippen LogP contribution in [0, 0.1) is 0 Å². The lowest BCUT2D eigenvalue weighted by Crippen LogP contribution is -2.38. The van der Waals surface area contributed by atoms with E-state index in [0.717, 1.165) is 25.2 Å². The molecule has 1 heterocycles. The predicted octanol–water partition coefficient (Wildman–Crippen LogP) is 2.05. The third-order valence-corrected chi connectivity index (χ3v) is 3.34. The van der Waals surface area contributed by atoms with Crippen LogP contribution in [0.15, 0.2) is 30.3 Å². The molecule has 0 amide bonds. The maximum absolute atomic E-state index is 9.91. The van der Waals surface area contributed by atoms with Gasteiger partial charge in [0.25, 0.3) is 0 Å². The maximum Gasteiger partial charge on any atom is 0.0900 e. The molecule has 18 heavy (non-hydrogen) atoms. The zero-order valence-corrected chi connectivity index (χ0v) is 10.9. The molecule has 0 aliphatic carbocycles. The van der Waals surface area contributed by atoms with Gasteiger partial charge in [0, 0.05) is 6.54 Å². The van der Waals surface area contributed by atoms with Crippen molar-refractivity contribution in [1.29, 1.82) is 0 Å². The number of β-amino-alcohol motifs (C(OH)–C–C–N with tert-alkyl or cyclic N) is 1. The summed E-state index contributed by atoms with van der Waals surface area (Å²) in [5, 5.41) is 9.91. The molecule has 1 aromatic carbocycles. The third kappa shape index (κ3) is 4.77. The quantitative estimate of drug-likeness (QED) is 0.837. The Labute approximate surface area is 109 Å². The van der Waals surface area contributed by atoms with Gasteiger partial charge in [-0.05, 0) is 31.5 Å². The van der Waals surface area contributed by atoms with Crippen LogP contribution in [-0.2, 0) is 11.3 Å². The van der Waals surface area contributed by atoms with E-state index in [1.807, 2.05) is 30.3 Å². The smallest absolute Gasteiger partial charge is 0.0900 e. The summed E-state index contributed by atoms with van der Waals surface area (Å²) in [6.07, 6.45) is 3.48. The monoisotopic (exact) mass is 249 g/mol. The van der Waals surface area contributed by atoms with Crippen molar-refractivity contribution < 1.29 is 9.84 Å². The van der Waals surface area contributed by atoms with E-state index in [1.165, 1.54) is 19.3 Å². The fourth-order valence-corrected chi connectivity index (χ4v) is 2.38. The minimum Gasteiger partial charge on any atom is -0.389 e. The first-order chi connectivity index (χ1) is 8.84. The van der Waals surface area contributed by atoms with Crippen LogP contribution >= 0.6 is 0 Å². The SMILES string of the molecule is O[C@@H](COCc1ccccc1)CN1CCCCC1. The van der Waals surface area contributed by atoms with Crippen LogP contribution in [0.2, 0.25) is 0 Å². The summed E-state index contributed by atoms with van der Waals surface area (Å²) in [5.41, 5.74) is 1.16. The molecule has 1 atom stereocenters. The second-order valence-corrected chi connectivity index (χ2v) is 5.02. The van der Waals surface area contributed by atoms with Gasteiger partial charge in [-0.3, -0.25) is 0 Å². The number of ether oxygens (including phenoxy) is 1. The molecule has 1 aliphatic heterocycles. The molecule has 1 aliphatic rings. The van der Waals surface area contributed by atoms with Crippen LogP contribution in [-0.4, -0.2) is 42.4 Å². The van der Waals surface area contributed by atoms with Crippen LogP contribution in [0.1, 0.15) is 24.8 Å². The molecule has 1 saturated heterocycles. The molecule has 3 heteroatoms. The van der Waals surface area contributed by atoms with Gasteiger partial charge in [0.05, 0.1) is 19.3 Å². The van der Waals surface area contributed by atoms with E-state index in [4.69, 9.17) is 4.74 Å².